The number of hydrogen-bond donors (Lipinski definition) is 1. The average molecular weight is 235 g/mol. The van der Waals surface area contributed by atoms with Crippen molar-refractivity contribution in [1.82, 2.24) is 9.97 Å². The molecular weight excluding hydrogens is 218 g/mol. The van der Waals surface area contributed by atoms with Gasteiger partial charge in [0, 0.05) is 12.4 Å². The fraction of sp³-hybridized carbons (Fsp3) is 0.583. The molecule has 1 aliphatic carbocycles. The van der Waals surface area contributed by atoms with Crippen LogP contribution in [0.2, 0.25) is 0 Å². The van der Waals surface area contributed by atoms with Crippen LogP contribution in [0.3, 0.4) is 0 Å². The Hall–Kier alpha value is -1.49. The molecule has 0 aromatic carbocycles. The Labute approximate surface area is 101 Å². The van der Waals surface area contributed by atoms with Crippen LogP contribution in [-0.4, -0.2) is 40.5 Å². The summed E-state index contributed by atoms with van der Waals surface area (Å²) in [7, 11) is 1.54. The van der Waals surface area contributed by atoms with Crippen molar-refractivity contribution in [2.45, 2.75) is 37.8 Å². The normalized spacial score (nSPS) is 25.1. The van der Waals surface area contributed by atoms with E-state index < -0.39 is 0 Å². The topological polar surface area (TPSA) is 67.6 Å². The van der Waals surface area contributed by atoms with E-state index in [-0.39, 0.29) is 6.10 Å². The third kappa shape index (κ3) is 3.49. The first-order valence-corrected chi connectivity index (χ1v) is 5.86. The van der Waals surface area contributed by atoms with Gasteiger partial charge in [0.15, 0.2) is 0 Å². The van der Waals surface area contributed by atoms with Gasteiger partial charge >= 0.3 is 6.01 Å². The Kier molecular flexibility index (Phi) is 4.03. The zero-order valence-corrected chi connectivity index (χ0v) is 9.91. The number of ether oxygens (including phenoxy) is 1. The lowest BCUT2D eigenvalue weighted by Gasteiger charge is -2.21. The number of aliphatic hydroxyl groups is 1. The first kappa shape index (κ1) is 12.0. The monoisotopic (exact) mass is 235 g/mol. The molecule has 5 heteroatoms. The zero-order chi connectivity index (χ0) is 12.1. The highest BCUT2D eigenvalue weighted by atomic mass is 16.5. The van der Waals surface area contributed by atoms with Crippen molar-refractivity contribution in [2.24, 2.45) is 4.99 Å². The van der Waals surface area contributed by atoms with E-state index in [1.54, 1.807) is 25.6 Å². The van der Waals surface area contributed by atoms with Crippen LogP contribution in [0.1, 0.15) is 31.4 Å². The Morgan fingerprint density at radius 2 is 2.18 bits per heavy atom. The lowest BCUT2D eigenvalue weighted by Crippen LogP contribution is -2.20. The molecule has 2 rings (SSSR count). The maximum atomic E-state index is 9.39. The van der Waals surface area contributed by atoms with Gasteiger partial charge < -0.3 is 9.84 Å². The van der Waals surface area contributed by atoms with Crippen molar-refractivity contribution in [3.05, 3.63) is 18.0 Å². The Morgan fingerprint density at radius 3 is 2.88 bits per heavy atom. The standard InChI is InChI=1S/C12H17N3O2/c1-17-12-13-7-6-10(15-12)8-14-9-2-4-11(16)5-3-9/h6-9,11,16H,2-5H2,1H3. The first-order valence-electron chi connectivity index (χ1n) is 5.86. The van der Waals surface area contributed by atoms with Gasteiger partial charge in [0.1, 0.15) is 0 Å². The second kappa shape index (κ2) is 5.72. The predicted molar refractivity (Wildman–Crippen MR) is 64.4 cm³/mol. The van der Waals surface area contributed by atoms with Crippen LogP contribution in [0, 0.1) is 0 Å². The molecular formula is C12H17N3O2. The fourth-order valence-corrected chi connectivity index (χ4v) is 1.91. The number of rotatable bonds is 3. The second-order valence-corrected chi connectivity index (χ2v) is 4.21. The Bertz CT molecular complexity index is 387. The van der Waals surface area contributed by atoms with Gasteiger partial charge in [-0.1, -0.05) is 0 Å². The summed E-state index contributed by atoms with van der Waals surface area (Å²) in [6, 6.07) is 2.45. The van der Waals surface area contributed by atoms with E-state index in [0.717, 1.165) is 31.4 Å². The molecule has 1 aromatic heterocycles. The van der Waals surface area contributed by atoms with Gasteiger partial charge in [-0.05, 0) is 31.7 Å². The summed E-state index contributed by atoms with van der Waals surface area (Å²) in [6.07, 6.45) is 6.84. The van der Waals surface area contributed by atoms with Crippen LogP contribution in [0.15, 0.2) is 17.3 Å². The van der Waals surface area contributed by atoms with E-state index in [2.05, 4.69) is 15.0 Å². The highest BCUT2D eigenvalue weighted by molar-refractivity contribution is 5.76. The van der Waals surface area contributed by atoms with Crippen molar-refractivity contribution in [3.8, 4) is 6.01 Å². The van der Waals surface area contributed by atoms with E-state index in [4.69, 9.17) is 4.74 Å². The molecule has 0 saturated heterocycles. The molecule has 1 heterocycles. The van der Waals surface area contributed by atoms with Gasteiger partial charge in [-0.2, -0.15) is 4.98 Å². The van der Waals surface area contributed by atoms with Crippen LogP contribution in [0.4, 0.5) is 0 Å². The molecule has 1 N–H and O–H groups in total. The van der Waals surface area contributed by atoms with Crippen molar-refractivity contribution >= 4 is 6.21 Å². The maximum absolute atomic E-state index is 9.39. The summed E-state index contributed by atoms with van der Waals surface area (Å²) >= 11 is 0. The molecule has 1 fully saturated rings. The van der Waals surface area contributed by atoms with Crippen LogP contribution in [-0.2, 0) is 0 Å². The lowest BCUT2D eigenvalue weighted by molar-refractivity contribution is 0.123. The van der Waals surface area contributed by atoms with Gasteiger partial charge in [0.05, 0.1) is 24.9 Å². The number of nitrogens with zero attached hydrogens (tertiary/aromatic N) is 3. The molecule has 1 aliphatic rings. The highest BCUT2D eigenvalue weighted by Crippen LogP contribution is 2.20. The summed E-state index contributed by atoms with van der Waals surface area (Å²) in [5, 5.41) is 9.39. The third-order valence-corrected chi connectivity index (χ3v) is 2.92. The Balaban J connectivity index is 1.95. The van der Waals surface area contributed by atoms with Gasteiger partial charge in [-0.15, -0.1) is 0 Å². The molecule has 17 heavy (non-hydrogen) atoms. The molecule has 0 amide bonds. The number of aliphatic hydroxyl groups excluding tert-OH is 1. The number of aliphatic imine (C=N–C) groups is 1. The quantitative estimate of drug-likeness (QED) is 0.799. The summed E-state index contributed by atoms with van der Waals surface area (Å²) in [5.74, 6) is 0. The highest BCUT2D eigenvalue weighted by Gasteiger charge is 2.17. The van der Waals surface area contributed by atoms with Gasteiger partial charge in [-0.25, -0.2) is 4.98 Å². The van der Waals surface area contributed by atoms with Crippen molar-refractivity contribution < 1.29 is 9.84 Å². The minimum absolute atomic E-state index is 0.138. The Morgan fingerprint density at radius 1 is 1.41 bits per heavy atom. The minimum atomic E-state index is -0.138. The summed E-state index contributed by atoms with van der Waals surface area (Å²) in [4.78, 5) is 12.6. The molecule has 1 aromatic rings. The van der Waals surface area contributed by atoms with E-state index in [1.165, 1.54) is 0 Å². The molecule has 0 unspecified atom stereocenters. The second-order valence-electron chi connectivity index (χ2n) is 4.21. The van der Waals surface area contributed by atoms with Crippen LogP contribution in [0.25, 0.3) is 0 Å². The largest absolute Gasteiger partial charge is 0.467 e. The van der Waals surface area contributed by atoms with E-state index in [9.17, 15) is 5.11 Å². The van der Waals surface area contributed by atoms with Crippen molar-refractivity contribution in [1.29, 1.82) is 0 Å². The molecule has 92 valence electrons. The van der Waals surface area contributed by atoms with E-state index >= 15 is 0 Å². The van der Waals surface area contributed by atoms with Crippen LogP contribution in [0.5, 0.6) is 6.01 Å². The number of methoxy groups -OCH3 is 1. The molecule has 0 spiro atoms. The maximum Gasteiger partial charge on any atom is 0.316 e. The van der Waals surface area contributed by atoms with Gasteiger partial charge in [0.25, 0.3) is 0 Å². The molecule has 0 bridgehead atoms. The molecule has 0 atom stereocenters. The van der Waals surface area contributed by atoms with Crippen LogP contribution < -0.4 is 4.74 Å². The zero-order valence-electron chi connectivity index (χ0n) is 9.91. The van der Waals surface area contributed by atoms with Crippen molar-refractivity contribution in [2.75, 3.05) is 7.11 Å². The molecule has 0 radical (unpaired) electrons. The average Bonchev–Trinajstić information content (AvgIpc) is 2.38. The third-order valence-electron chi connectivity index (χ3n) is 2.92. The van der Waals surface area contributed by atoms with E-state index in [1.807, 2.05) is 0 Å². The lowest BCUT2D eigenvalue weighted by atomic mass is 9.94. The summed E-state index contributed by atoms with van der Waals surface area (Å²) in [5.41, 5.74) is 0.753. The van der Waals surface area contributed by atoms with E-state index in [0.29, 0.717) is 12.1 Å². The summed E-state index contributed by atoms with van der Waals surface area (Å²) < 4.78 is 4.94. The smallest absolute Gasteiger partial charge is 0.316 e. The molecule has 1 saturated carbocycles. The predicted octanol–water partition coefficient (Wildman–Crippen LogP) is 1.21. The number of aromatic nitrogens is 2. The van der Waals surface area contributed by atoms with Crippen LogP contribution >= 0.6 is 0 Å². The van der Waals surface area contributed by atoms with Gasteiger partial charge in [0.2, 0.25) is 0 Å². The molecule has 5 nitrogen and oxygen atoms in total. The number of hydrogen-bond acceptors (Lipinski definition) is 5. The minimum Gasteiger partial charge on any atom is -0.467 e. The first-order chi connectivity index (χ1) is 8.28. The summed E-state index contributed by atoms with van der Waals surface area (Å²) in [6.45, 7) is 0. The fourth-order valence-electron chi connectivity index (χ4n) is 1.91. The molecule has 0 aliphatic heterocycles. The van der Waals surface area contributed by atoms with Gasteiger partial charge in [-0.3, -0.25) is 4.99 Å². The SMILES string of the molecule is COc1nccc(C=NC2CCC(O)CC2)n1. The van der Waals surface area contributed by atoms with Crippen molar-refractivity contribution in [3.63, 3.8) is 0 Å².